The zero-order valence-corrected chi connectivity index (χ0v) is 11.3. The third-order valence-electron chi connectivity index (χ3n) is 2.61. The standard InChI is InChI=1S/C11H11Cl2N3O3/c12-8-3-7(16(18)19)4-9(13)11(8)14-5-10(17)15-6-1-2-6/h3-4,6,14H,1-2,5H2,(H,15,17). The van der Waals surface area contributed by atoms with Gasteiger partial charge in [-0.3, -0.25) is 14.9 Å². The second kappa shape index (κ2) is 5.63. The number of anilines is 1. The highest BCUT2D eigenvalue weighted by Crippen LogP contribution is 2.34. The number of carbonyl (C=O) groups is 1. The first-order chi connectivity index (χ1) is 8.97. The van der Waals surface area contributed by atoms with Gasteiger partial charge in [0.2, 0.25) is 5.91 Å². The summed E-state index contributed by atoms with van der Waals surface area (Å²) in [6.07, 6.45) is 2.01. The molecular weight excluding hydrogens is 293 g/mol. The highest BCUT2D eigenvalue weighted by atomic mass is 35.5. The maximum Gasteiger partial charge on any atom is 0.272 e. The number of nitrogens with one attached hydrogen (secondary N) is 2. The van der Waals surface area contributed by atoms with Crippen LogP contribution in [-0.2, 0) is 4.79 Å². The van der Waals surface area contributed by atoms with Gasteiger partial charge < -0.3 is 10.6 Å². The van der Waals surface area contributed by atoms with E-state index in [0.717, 1.165) is 12.8 Å². The van der Waals surface area contributed by atoms with Crippen molar-refractivity contribution in [3.05, 3.63) is 32.3 Å². The van der Waals surface area contributed by atoms with Gasteiger partial charge in [0, 0.05) is 18.2 Å². The van der Waals surface area contributed by atoms with E-state index < -0.39 is 4.92 Å². The van der Waals surface area contributed by atoms with Gasteiger partial charge in [-0.1, -0.05) is 23.2 Å². The van der Waals surface area contributed by atoms with Crippen LogP contribution < -0.4 is 10.6 Å². The molecule has 0 aliphatic heterocycles. The van der Waals surface area contributed by atoms with Crippen molar-refractivity contribution in [2.75, 3.05) is 11.9 Å². The molecule has 1 aromatic rings. The second-order valence-corrected chi connectivity index (χ2v) is 5.05. The number of nitro groups is 1. The van der Waals surface area contributed by atoms with Crippen LogP contribution in [0.3, 0.4) is 0 Å². The van der Waals surface area contributed by atoms with Crippen molar-refractivity contribution in [2.24, 2.45) is 0 Å². The zero-order chi connectivity index (χ0) is 14.0. The molecule has 1 amide bonds. The molecule has 0 spiro atoms. The summed E-state index contributed by atoms with van der Waals surface area (Å²) in [6.45, 7) is 0.0216. The third-order valence-corrected chi connectivity index (χ3v) is 3.20. The van der Waals surface area contributed by atoms with Gasteiger partial charge in [-0.2, -0.15) is 0 Å². The molecule has 102 valence electrons. The summed E-state index contributed by atoms with van der Waals surface area (Å²) < 4.78 is 0. The van der Waals surface area contributed by atoms with Crippen molar-refractivity contribution >= 4 is 40.5 Å². The highest BCUT2D eigenvalue weighted by Gasteiger charge is 2.23. The Bertz CT molecular complexity index is 509. The average molecular weight is 304 g/mol. The monoisotopic (exact) mass is 303 g/mol. The molecular formula is C11H11Cl2N3O3. The van der Waals surface area contributed by atoms with Crippen molar-refractivity contribution in [2.45, 2.75) is 18.9 Å². The molecule has 0 atom stereocenters. The Morgan fingerprint density at radius 1 is 1.37 bits per heavy atom. The van der Waals surface area contributed by atoms with Crippen LogP contribution in [0.25, 0.3) is 0 Å². The van der Waals surface area contributed by atoms with Crippen molar-refractivity contribution in [1.29, 1.82) is 0 Å². The van der Waals surface area contributed by atoms with E-state index in [2.05, 4.69) is 10.6 Å². The van der Waals surface area contributed by atoms with E-state index in [1.54, 1.807) is 0 Å². The molecule has 0 aromatic heterocycles. The molecule has 0 unspecified atom stereocenters. The largest absolute Gasteiger partial charge is 0.374 e. The number of rotatable bonds is 5. The summed E-state index contributed by atoms with van der Waals surface area (Å²) in [7, 11) is 0. The maximum absolute atomic E-state index is 11.5. The number of benzene rings is 1. The first-order valence-electron chi connectivity index (χ1n) is 5.64. The van der Waals surface area contributed by atoms with Crippen LogP contribution in [0.1, 0.15) is 12.8 Å². The summed E-state index contributed by atoms with van der Waals surface area (Å²) in [5.74, 6) is -0.159. The molecule has 2 N–H and O–H groups in total. The Morgan fingerprint density at radius 2 is 1.95 bits per heavy atom. The van der Waals surface area contributed by atoms with Gasteiger partial charge in [-0.25, -0.2) is 0 Å². The number of carbonyl (C=O) groups excluding carboxylic acids is 1. The first kappa shape index (κ1) is 13.9. The number of halogens is 2. The lowest BCUT2D eigenvalue weighted by molar-refractivity contribution is -0.384. The van der Waals surface area contributed by atoms with Gasteiger partial charge in [0.05, 0.1) is 27.2 Å². The van der Waals surface area contributed by atoms with E-state index in [1.807, 2.05) is 0 Å². The Hall–Kier alpha value is -1.53. The number of hydrogen-bond acceptors (Lipinski definition) is 4. The average Bonchev–Trinajstić information content (AvgIpc) is 3.11. The summed E-state index contributed by atoms with van der Waals surface area (Å²) in [5.41, 5.74) is 0.128. The van der Waals surface area contributed by atoms with Crippen LogP contribution >= 0.6 is 23.2 Å². The minimum absolute atomic E-state index is 0.0216. The quantitative estimate of drug-likeness (QED) is 0.647. The van der Waals surface area contributed by atoms with Gasteiger partial charge >= 0.3 is 0 Å². The molecule has 1 saturated carbocycles. The van der Waals surface area contributed by atoms with Crippen molar-refractivity contribution in [3.63, 3.8) is 0 Å². The van der Waals surface area contributed by atoms with Crippen LogP contribution in [0.15, 0.2) is 12.1 Å². The topological polar surface area (TPSA) is 84.3 Å². The number of nitrogens with zero attached hydrogens (tertiary/aromatic N) is 1. The molecule has 19 heavy (non-hydrogen) atoms. The molecule has 1 aromatic carbocycles. The van der Waals surface area contributed by atoms with E-state index in [-0.39, 0.29) is 34.2 Å². The van der Waals surface area contributed by atoms with E-state index in [0.29, 0.717) is 5.69 Å². The van der Waals surface area contributed by atoms with E-state index >= 15 is 0 Å². The molecule has 0 bridgehead atoms. The molecule has 2 rings (SSSR count). The van der Waals surface area contributed by atoms with Gasteiger partial charge in [0.25, 0.3) is 5.69 Å². The normalized spacial score (nSPS) is 14.0. The smallest absolute Gasteiger partial charge is 0.272 e. The first-order valence-corrected chi connectivity index (χ1v) is 6.39. The number of non-ortho nitro benzene ring substituents is 1. The Balaban J connectivity index is 2.03. The van der Waals surface area contributed by atoms with E-state index in [4.69, 9.17) is 23.2 Å². The number of amides is 1. The van der Waals surface area contributed by atoms with Crippen molar-refractivity contribution in [1.82, 2.24) is 5.32 Å². The maximum atomic E-state index is 11.5. The summed E-state index contributed by atoms with van der Waals surface area (Å²) in [6, 6.07) is 2.65. The number of hydrogen-bond donors (Lipinski definition) is 2. The fraction of sp³-hybridized carbons (Fsp3) is 0.364. The van der Waals surface area contributed by atoms with Crippen LogP contribution in [0.2, 0.25) is 10.0 Å². The summed E-state index contributed by atoms with van der Waals surface area (Å²) >= 11 is 11.8. The fourth-order valence-electron chi connectivity index (χ4n) is 1.51. The van der Waals surface area contributed by atoms with Gasteiger partial charge in [0.15, 0.2) is 0 Å². The number of nitro benzene ring substituents is 1. The predicted octanol–water partition coefficient (Wildman–Crippen LogP) is 2.59. The molecule has 1 fully saturated rings. The minimum Gasteiger partial charge on any atom is -0.374 e. The summed E-state index contributed by atoms with van der Waals surface area (Å²) in [4.78, 5) is 21.5. The lowest BCUT2D eigenvalue weighted by Crippen LogP contribution is -2.31. The van der Waals surface area contributed by atoms with Crippen molar-refractivity contribution < 1.29 is 9.72 Å². The SMILES string of the molecule is O=C(CNc1c(Cl)cc([N+](=O)[O-])cc1Cl)NC1CC1. The van der Waals surface area contributed by atoms with Crippen LogP contribution in [-0.4, -0.2) is 23.4 Å². The van der Waals surface area contributed by atoms with Crippen LogP contribution in [0.4, 0.5) is 11.4 Å². The lowest BCUT2D eigenvalue weighted by atomic mass is 10.2. The van der Waals surface area contributed by atoms with E-state index in [1.165, 1.54) is 12.1 Å². The summed E-state index contributed by atoms with van der Waals surface area (Å²) in [5, 5.41) is 16.4. The third kappa shape index (κ3) is 3.71. The van der Waals surface area contributed by atoms with Gasteiger partial charge in [-0.15, -0.1) is 0 Å². The molecule has 6 nitrogen and oxygen atoms in total. The fourth-order valence-corrected chi connectivity index (χ4v) is 2.12. The molecule has 0 heterocycles. The Labute approximate surface area is 119 Å². The highest BCUT2D eigenvalue weighted by molar-refractivity contribution is 6.39. The Kier molecular flexibility index (Phi) is 4.11. The van der Waals surface area contributed by atoms with Crippen molar-refractivity contribution in [3.8, 4) is 0 Å². The molecule has 1 aliphatic rings. The second-order valence-electron chi connectivity index (χ2n) is 4.24. The molecule has 0 saturated heterocycles. The van der Waals surface area contributed by atoms with E-state index in [9.17, 15) is 14.9 Å². The molecule has 0 radical (unpaired) electrons. The zero-order valence-electron chi connectivity index (χ0n) is 9.78. The van der Waals surface area contributed by atoms with Gasteiger partial charge in [0.1, 0.15) is 0 Å². The van der Waals surface area contributed by atoms with Gasteiger partial charge in [-0.05, 0) is 12.8 Å². The predicted molar refractivity (Wildman–Crippen MR) is 72.8 cm³/mol. The van der Waals surface area contributed by atoms with Crippen LogP contribution in [0, 0.1) is 10.1 Å². The minimum atomic E-state index is -0.582. The molecule has 1 aliphatic carbocycles. The van der Waals surface area contributed by atoms with Crippen LogP contribution in [0.5, 0.6) is 0 Å². The lowest BCUT2D eigenvalue weighted by Gasteiger charge is -2.10. The Morgan fingerprint density at radius 3 is 2.42 bits per heavy atom. The molecule has 8 heteroatoms.